The van der Waals surface area contributed by atoms with Crippen LogP contribution in [0.4, 0.5) is 0 Å². The molecule has 1 aliphatic rings. The number of hydrogen-bond acceptors (Lipinski definition) is 4. The Hall–Kier alpha value is -0.420. The Morgan fingerprint density at radius 1 is 1.61 bits per heavy atom. The van der Waals surface area contributed by atoms with E-state index in [9.17, 15) is 0 Å². The van der Waals surface area contributed by atoms with E-state index in [0.717, 1.165) is 13.0 Å². The second-order valence-corrected chi connectivity index (χ2v) is 6.15. The van der Waals surface area contributed by atoms with Gasteiger partial charge in [0.15, 0.2) is 0 Å². The van der Waals surface area contributed by atoms with E-state index in [2.05, 4.69) is 28.8 Å². The lowest BCUT2D eigenvalue weighted by atomic mass is 9.78. The number of nitrogens with two attached hydrogens (primary N) is 1. The summed E-state index contributed by atoms with van der Waals surface area (Å²) in [6.45, 7) is 1.70. The fourth-order valence-corrected chi connectivity index (χ4v) is 3.66. The van der Waals surface area contributed by atoms with Crippen molar-refractivity contribution in [1.82, 2.24) is 4.90 Å². The third-order valence-electron chi connectivity index (χ3n) is 4.30. The van der Waals surface area contributed by atoms with Crippen LogP contribution in [0.2, 0.25) is 0 Å². The fourth-order valence-electron chi connectivity index (χ4n) is 3.00. The van der Waals surface area contributed by atoms with Gasteiger partial charge in [0, 0.05) is 25.7 Å². The van der Waals surface area contributed by atoms with Crippen LogP contribution in [-0.4, -0.2) is 37.2 Å². The van der Waals surface area contributed by atoms with Gasteiger partial charge in [-0.1, -0.05) is 0 Å². The zero-order valence-electron chi connectivity index (χ0n) is 11.4. The molecule has 1 aromatic heterocycles. The normalized spacial score (nSPS) is 28.8. The van der Waals surface area contributed by atoms with Gasteiger partial charge >= 0.3 is 0 Å². The molecule has 0 saturated heterocycles. The zero-order chi connectivity index (χ0) is 13.0. The first kappa shape index (κ1) is 14.0. The largest absolute Gasteiger partial charge is 0.381 e. The van der Waals surface area contributed by atoms with Crippen LogP contribution in [0.5, 0.6) is 0 Å². The summed E-state index contributed by atoms with van der Waals surface area (Å²) in [5.74, 6) is 0. The molecule has 18 heavy (non-hydrogen) atoms. The molecule has 2 rings (SSSR count). The van der Waals surface area contributed by atoms with Gasteiger partial charge in [0.1, 0.15) is 0 Å². The van der Waals surface area contributed by atoms with Crippen LogP contribution in [-0.2, 0) is 11.3 Å². The average molecular weight is 268 g/mol. The van der Waals surface area contributed by atoms with Crippen molar-refractivity contribution >= 4 is 11.3 Å². The van der Waals surface area contributed by atoms with Crippen LogP contribution in [0, 0.1) is 0 Å². The number of hydrogen-bond donors (Lipinski definition) is 1. The highest BCUT2D eigenvalue weighted by atomic mass is 32.1. The molecule has 1 saturated carbocycles. The molecule has 1 aromatic rings. The molecule has 3 nitrogen and oxygen atoms in total. The first-order valence-corrected chi connectivity index (χ1v) is 7.59. The van der Waals surface area contributed by atoms with E-state index in [1.165, 1.54) is 24.8 Å². The fraction of sp³-hybridized carbons (Fsp3) is 0.714. The summed E-state index contributed by atoms with van der Waals surface area (Å²) in [6.07, 6.45) is 4.99. The Morgan fingerprint density at radius 3 is 3.06 bits per heavy atom. The molecule has 0 aromatic carbocycles. The lowest BCUT2D eigenvalue weighted by molar-refractivity contribution is -0.0148. The van der Waals surface area contributed by atoms with Gasteiger partial charge in [0.05, 0.1) is 6.10 Å². The van der Waals surface area contributed by atoms with Crippen molar-refractivity contribution in [2.24, 2.45) is 5.73 Å². The summed E-state index contributed by atoms with van der Waals surface area (Å²) in [6, 6.07) is 2.20. The molecule has 0 spiro atoms. The number of methoxy groups -OCH3 is 1. The van der Waals surface area contributed by atoms with E-state index in [4.69, 9.17) is 10.5 Å². The molecule has 2 atom stereocenters. The number of likely N-dealkylation sites (N-methyl/N-ethyl adjacent to an activating group) is 1. The number of rotatable bonds is 5. The molecule has 4 heteroatoms. The number of nitrogens with zero attached hydrogens (tertiary/aromatic N) is 1. The predicted molar refractivity (Wildman–Crippen MR) is 76.8 cm³/mol. The summed E-state index contributed by atoms with van der Waals surface area (Å²) in [5, 5.41) is 4.36. The van der Waals surface area contributed by atoms with Crippen molar-refractivity contribution in [3.05, 3.63) is 22.4 Å². The predicted octanol–water partition coefficient (Wildman–Crippen LogP) is 2.47. The Labute approximate surface area is 114 Å². The molecule has 102 valence electrons. The molecule has 2 unspecified atom stereocenters. The standard InChI is InChI=1S/C14H24N2OS/c1-16(9-12-5-7-18-10-12)14(11-15)6-3-4-13(8-14)17-2/h5,7,10,13H,3-4,6,8-9,11,15H2,1-2H3. The van der Waals surface area contributed by atoms with E-state index in [-0.39, 0.29) is 5.54 Å². The summed E-state index contributed by atoms with van der Waals surface area (Å²) >= 11 is 1.76. The third-order valence-corrected chi connectivity index (χ3v) is 5.03. The van der Waals surface area contributed by atoms with Gasteiger partial charge in [-0.3, -0.25) is 4.90 Å². The smallest absolute Gasteiger partial charge is 0.0589 e. The summed E-state index contributed by atoms with van der Waals surface area (Å²) < 4.78 is 5.55. The number of ether oxygens (including phenoxy) is 1. The minimum atomic E-state index is 0.112. The molecule has 2 N–H and O–H groups in total. The van der Waals surface area contributed by atoms with Crippen molar-refractivity contribution in [3.8, 4) is 0 Å². The first-order valence-electron chi connectivity index (χ1n) is 6.65. The van der Waals surface area contributed by atoms with Crippen molar-refractivity contribution in [2.75, 3.05) is 20.7 Å². The van der Waals surface area contributed by atoms with Crippen LogP contribution in [0.3, 0.4) is 0 Å². The topological polar surface area (TPSA) is 38.5 Å². The molecule has 0 radical (unpaired) electrons. The molecule has 0 aliphatic heterocycles. The Balaban J connectivity index is 2.05. The van der Waals surface area contributed by atoms with E-state index in [1.807, 2.05) is 7.11 Å². The van der Waals surface area contributed by atoms with Gasteiger partial charge in [-0.15, -0.1) is 0 Å². The van der Waals surface area contributed by atoms with Gasteiger partial charge in [-0.05, 0) is 55.1 Å². The maximum absolute atomic E-state index is 6.09. The highest BCUT2D eigenvalue weighted by Crippen LogP contribution is 2.34. The second kappa shape index (κ2) is 6.15. The van der Waals surface area contributed by atoms with E-state index < -0.39 is 0 Å². The number of thiophene rings is 1. The quantitative estimate of drug-likeness (QED) is 0.891. The van der Waals surface area contributed by atoms with Crippen molar-refractivity contribution in [2.45, 2.75) is 43.9 Å². The van der Waals surface area contributed by atoms with E-state index in [0.29, 0.717) is 12.6 Å². The van der Waals surface area contributed by atoms with Crippen LogP contribution in [0.25, 0.3) is 0 Å². The monoisotopic (exact) mass is 268 g/mol. The van der Waals surface area contributed by atoms with Gasteiger partial charge in [0.25, 0.3) is 0 Å². The minimum absolute atomic E-state index is 0.112. The molecule has 1 aliphatic carbocycles. The van der Waals surface area contributed by atoms with Gasteiger partial charge in [-0.25, -0.2) is 0 Å². The SMILES string of the molecule is COC1CCCC(CN)(N(C)Cc2ccsc2)C1. The van der Waals surface area contributed by atoms with Crippen LogP contribution < -0.4 is 5.73 Å². The van der Waals surface area contributed by atoms with Crippen LogP contribution >= 0.6 is 11.3 Å². The molecule has 1 fully saturated rings. The maximum Gasteiger partial charge on any atom is 0.0589 e. The second-order valence-electron chi connectivity index (χ2n) is 5.37. The summed E-state index contributed by atoms with van der Waals surface area (Å²) in [4.78, 5) is 2.43. The lowest BCUT2D eigenvalue weighted by Crippen LogP contribution is -2.55. The molecular formula is C14H24N2OS. The summed E-state index contributed by atoms with van der Waals surface area (Å²) in [5.41, 5.74) is 7.59. The highest BCUT2D eigenvalue weighted by Gasteiger charge is 2.38. The van der Waals surface area contributed by atoms with E-state index >= 15 is 0 Å². The summed E-state index contributed by atoms with van der Waals surface area (Å²) in [7, 11) is 4.01. The lowest BCUT2D eigenvalue weighted by Gasteiger charge is -2.46. The molecule has 1 heterocycles. The van der Waals surface area contributed by atoms with Gasteiger partial charge in [-0.2, -0.15) is 11.3 Å². The average Bonchev–Trinajstić information content (AvgIpc) is 2.91. The maximum atomic E-state index is 6.09. The van der Waals surface area contributed by atoms with Crippen LogP contribution in [0.15, 0.2) is 16.8 Å². The Bertz CT molecular complexity index is 355. The van der Waals surface area contributed by atoms with Gasteiger partial charge in [0.2, 0.25) is 0 Å². The Morgan fingerprint density at radius 2 is 2.44 bits per heavy atom. The van der Waals surface area contributed by atoms with E-state index in [1.54, 1.807) is 11.3 Å². The van der Waals surface area contributed by atoms with Gasteiger partial charge < -0.3 is 10.5 Å². The van der Waals surface area contributed by atoms with Crippen molar-refractivity contribution in [1.29, 1.82) is 0 Å². The van der Waals surface area contributed by atoms with Crippen molar-refractivity contribution < 1.29 is 4.74 Å². The third kappa shape index (κ3) is 2.94. The Kier molecular flexibility index (Phi) is 4.78. The van der Waals surface area contributed by atoms with Crippen molar-refractivity contribution in [3.63, 3.8) is 0 Å². The highest BCUT2D eigenvalue weighted by molar-refractivity contribution is 7.07. The molecule has 0 bridgehead atoms. The van der Waals surface area contributed by atoms with Crippen LogP contribution in [0.1, 0.15) is 31.2 Å². The first-order chi connectivity index (χ1) is 8.70. The zero-order valence-corrected chi connectivity index (χ0v) is 12.2. The molecule has 0 amide bonds. The minimum Gasteiger partial charge on any atom is -0.381 e. The molecular weight excluding hydrogens is 244 g/mol.